The average Bonchev–Trinajstić information content (AvgIpc) is 2.76. The maximum atomic E-state index is 13.2. The minimum absolute atomic E-state index is 0.00972. The molecule has 3 rings (SSSR count). The highest BCUT2D eigenvalue weighted by Gasteiger charge is 2.22. The van der Waals surface area contributed by atoms with Crippen LogP contribution < -0.4 is 5.32 Å². The molecule has 0 spiro atoms. The molecule has 0 bridgehead atoms. The first-order chi connectivity index (χ1) is 10.1. The number of hydrogen-bond acceptors (Lipinski definition) is 5. The fourth-order valence-electron chi connectivity index (χ4n) is 2.10. The number of furan rings is 1. The molecule has 0 amide bonds. The number of hydrogen-bond donors (Lipinski definition) is 2. The third-order valence-electron chi connectivity index (χ3n) is 2.97. The molecular weight excluding hydrogens is 277 g/mol. The summed E-state index contributed by atoms with van der Waals surface area (Å²) in [6, 6.07) is 5.77. The molecule has 2 N–H and O–H groups in total. The maximum absolute atomic E-state index is 13.2. The van der Waals surface area contributed by atoms with Crippen molar-refractivity contribution < 1.29 is 18.7 Å². The van der Waals surface area contributed by atoms with Crippen LogP contribution in [0.25, 0.3) is 11.1 Å². The van der Waals surface area contributed by atoms with Gasteiger partial charge in [-0.05, 0) is 25.1 Å². The number of rotatable bonds is 3. The third-order valence-corrected chi connectivity index (χ3v) is 2.97. The van der Waals surface area contributed by atoms with Crippen LogP contribution in [0, 0.1) is 12.7 Å². The SMILES string of the molecule is Cc1oc2ncnc(Nc3cccc(F)c3)c2c1C(=O)O. The molecule has 6 nitrogen and oxygen atoms in total. The van der Waals surface area contributed by atoms with E-state index in [2.05, 4.69) is 15.3 Å². The van der Waals surface area contributed by atoms with Crippen LogP contribution in [0.3, 0.4) is 0 Å². The molecule has 0 saturated carbocycles. The zero-order valence-electron chi connectivity index (χ0n) is 10.9. The van der Waals surface area contributed by atoms with Gasteiger partial charge in [-0.2, -0.15) is 0 Å². The lowest BCUT2D eigenvalue weighted by Crippen LogP contribution is -2.01. The van der Waals surface area contributed by atoms with Crippen molar-refractivity contribution in [2.75, 3.05) is 5.32 Å². The zero-order valence-corrected chi connectivity index (χ0v) is 10.9. The Bertz CT molecular complexity index is 845. The minimum atomic E-state index is -1.14. The first-order valence-corrected chi connectivity index (χ1v) is 6.06. The first kappa shape index (κ1) is 13.0. The van der Waals surface area contributed by atoms with Gasteiger partial charge in [-0.3, -0.25) is 0 Å². The molecule has 7 heteroatoms. The summed E-state index contributed by atoms with van der Waals surface area (Å²) < 4.78 is 18.5. The molecular formula is C14H10FN3O3. The van der Waals surface area contributed by atoms with E-state index >= 15 is 0 Å². The van der Waals surface area contributed by atoms with Gasteiger partial charge in [-0.15, -0.1) is 0 Å². The molecule has 2 aromatic heterocycles. The van der Waals surface area contributed by atoms with Gasteiger partial charge in [0.05, 0.1) is 5.39 Å². The van der Waals surface area contributed by atoms with Crippen molar-refractivity contribution in [1.82, 2.24) is 9.97 Å². The molecule has 0 fully saturated rings. The Hall–Kier alpha value is -2.96. The number of nitrogens with zero attached hydrogens (tertiary/aromatic N) is 2. The minimum Gasteiger partial charge on any atom is -0.478 e. The Morgan fingerprint density at radius 2 is 2.19 bits per heavy atom. The van der Waals surface area contributed by atoms with E-state index in [-0.39, 0.29) is 28.2 Å². The van der Waals surface area contributed by atoms with E-state index in [4.69, 9.17) is 4.42 Å². The van der Waals surface area contributed by atoms with E-state index in [1.807, 2.05) is 0 Å². The lowest BCUT2D eigenvalue weighted by molar-refractivity contribution is 0.0697. The third kappa shape index (κ3) is 2.29. The van der Waals surface area contributed by atoms with E-state index in [0.717, 1.165) is 0 Å². The van der Waals surface area contributed by atoms with Gasteiger partial charge >= 0.3 is 5.97 Å². The molecule has 0 aliphatic rings. The summed E-state index contributed by atoms with van der Waals surface area (Å²) in [4.78, 5) is 19.3. The number of aryl methyl sites for hydroxylation is 1. The van der Waals surface area contributed by atoms with Gasteiger partial charge in [0.15, 0.2) is 0 Å². The van der Waals surface area contributed by atoms with Crippen LogP contribution in [-0.4, -0.2) is 21.0 Å². The normalized spacial score (nSPS) is 10.8. The topological polar surface area (TPSA) is 88.3 Å². The summed E-state index contributed by atoms with van der Waals surface area (Å²) in [7, 11) is 0. The predicted molar refractivity (Wildman–Crippen MR) is 73.2 cm³/mol. The second kappa shape index (κ2) is 4.86. The number of carboxylic acids is 1. The Morgan fingerprint density at radius 1 is 1.38 bits per heavy atom. The van der Waals surface area contributed by atoms with Crippen LogP contribution in [0.1, 0.15) is 16.1 Å². The largest absolute Gasteiger partial charge is 0.478 e. The van der Waals surface area contributed by atoms with Gasteiger partial charge < -0.3 is 14.8 Å². The summed E-state index contributed by atoms with van der Waals surface area (Å²) in [5.74, 6) is -1.06. The van der Waals surface area contributed by atoms with Gasteiger partial charge in [0.1, 0.15) is 29.3 Å². The standard InChI is InChI=1S/C14H10FN3O3/c1-7-10(14(19)20)11-12(16-6-17-13(11)21-7)18-9-4-2-3-8(15)5-9/h2-6H,1H3,(H,19,20)(H,16,17,18). The van der Waals surface area contributed by atoms with Crippen LogP contribution >= 0.6 is 0 Å². The van der Waals surface area contributed by atoms with Crippen molar-refractivity contribution in [2.45, 2.75) is 6.92 Å². The van der Waals surface area contributed by atoms with Gasteiger partial charge in [-0.1, -0.05) is 6.07 Å². The van der Waals surface area contributed by atoms with Gasteiger partial charge in [0.2, 0.25) is 5.71 Å². The summed E-state index contributed by atoms with van der Waals surface area (Å²) in [5, 5.41) is 12.4. The van der Waals surface area contributed by atoms with E-state index in [0.29, 0.717) is 5.69 Å². The number of carbonyl (C=O) groups is 1. The first-order valence-electron chi connectivity index (χ1n) is 6.06. The Morgan fingerprint density at radius 3 is 2.90 bits per heavy atom. The van der Waals surface area contributed by atoms with Crippen molar-refractivity contribution in [3.05, 3.63) is 47.7 Å². The molecule has 0 atom stereocenters. The number of aromatic nitrogens is 2. The zero-order chi connectivity index (χ0) is 15.0. The quantitative estimate of drug-likeness (QED) is 0.769. The van der Waals surface area contributed by atoms with Crippen LogP contribution in [0.2, 0.25) is 0 Å². The molecule has 1 aromatic carbocycles. The lowest BCUT2D eigenvalue weighted by Gasteiger charge is -2.06. The lowest BCUT2D eigenvalue weighted by atomic mass is 10.2. The fourth-order valence-corrected chi connectivity index (χ4v) is 2.10. The Labute approximate surface area is 118 Å². The molecule has 0 aliphatic carbocycles. The summed E-state index contributed by atoms with van der Waals surface area (Å²) in [6.45, 7) is 1.54. The molecule has 0 aliphatic heterocycles. The van der Waals surface area contributed by atoms with Crippen molar-refractivity contribution in [1.29, 1.82) is 0 Å². The Balaban J connectivity index is 2.16. The van der Waals surface area contributed by atoms with Crippen molar-refractivity contribution >= 4 is 28.6 Å². The second-order valence-corrected chi connectivity index (χ2v) is 4.38. The van der Waals surface area contributed by atoms with Crippen LogP contribution in [0.4, 0.5) is 15.9 Å². The highest BCUT2D eigenvalue weighted by molar-refractivity contribution is 6.07. The van der Waals surface area contributed by atoms with Crippen molar-refractivity contribution in [3.8, 4) is 0 Å². The predicted octanol–water partition coefficient (Wildman–Crippen LogP) is 3.11. The van der Waals surface area contributed by atoms with Crippen LogP contribution in [0.15, 0.2) is 35.0 Å². The number of benzene rings is 1. The molecule has 21 heavy (non-hydrogen) atoms. The monoisotopic (exact) mass is 287 g/mol. The van der Waals surface area contributed by atoms with Gasteiger partial charge in [0, 0.05) is 5.69 Å². The smallest absolute Gasteiger partial charge is 0.340 e. The molecule has 2 heterocycles. The molecule has 3 aromatic rings. The fraction of sp³-hybridized carbons (Fsp3) is 0.0714. The molecule has 0 radical (unpaired) electrons. The van der Waals surface area contributed by atoms with E-state index in [9.17, 15) is 14.3 Å². The van der Waals surface area contributed by atoms with E-state index < -0.39 is 11.8 Å². The average molecular weight is 287 g/mol. The Kier molecular flexibility index (Phi) is 3.02. The van der Waals surface area contributed by atoms with Gasteiger partial charge in [0.25, 0.3) is 0 Å². The number of fused-ring (bicyclic) bond motifs is 1. The summed E-state index contributed by atoms with van der Waals surface area (Å²) in [6.07, 6.45) is 1.25. The maximum Gasteiger partial charge on any atom is 0.340 e. The van der Waals surface area contributed by atoms with E-state index in [1.165, 1.54) is 31.5 Å². The van der Waals surface area contributed by atoms with Crippen molar-refractivity contribution in [2.24, 2.45) is 0 Å². The van der Waals surface area contributed by atoms with Crippen LogP contribution in [-0.2, 0) is 0 Å². The molecule has 0 saturated heterocycles. The number of anilines is 2. The number of carboxylic acid groups (broad SMARTS) is 1. The highest BCUT2D eigenvalue weighted by atomic mass is 19.1. The number of halogens is 1. The number of aromatic carboxylic acids is 1. The van der Waals surface area contributed by atoms with Gasteiger partial charge in [-0.25, -0.2) is 19.2 Å². The highest BCUT2D eigenvalue weighted by Crippen LogP contribution is 2.30. The van der Waals surface area contributed by atoms with Crippen LogP contribution in [0.5, 0.6) is 0 Å². The summed E-state index contributed by atoms with van der Waals surface area (Å²) >= 11 is 0. The summed E-state index contributed by atoms with van der Waals surface area (Å²) in [5.41, 5.74) is 0.605. The molecule has 106 valence electrons. The second-order valence-electron chi connectivity index (χ2n) is 4.38. The molecule has 0 unspecified atom stereocenters. The van der Waals surface area contributed by atoms with E-state index in [1.54, 1.807) is 6.07 Å². The number of nitrogens with one attached hydrogen (secondary N) is 1. The van der Waals surface area contributed by atoms with Crippen molar-refractivity contribution in [3.63, 3.8) is 0 Å².